The summed E-state index contributed by atoms with van der Waals surface area (Å²) in [6, 6.07) is 11.7. The summed E-state index contributed by atoms with van der Waals surface area (Å²) in [6.07, 6.45) is 0.411. The third kappa shape index (κ3) is 3.23. The summed E-state index contributed by atoms with van der Waals surface area (Å²) >= 11 is 0. The quantitative estimate of drug-likeness (QED) is 0.917. The van der Waals surface area contributed by atoms with Crippen LogP contribution in [0.5, 0.6) is 0 Å². The lowest BCUT2D eigenvalue weighted by atomic mass is 9.89. The molecule has 0 aliphatic carbocycles. The van der Waals surface area contributed by atoms with Crippen molar-refractivity contribution < 1.29 is 14.3 Å². The van der Waals surface area contributed by atoms with Gasteiger partial charge >= 0.3 is 5.97 Å². The number of carboxylic acids is 1. The highest BCUT2D eigenvalue weighted by Crippen LogP contribution is 2.24. The van der Waals surface area contributed by atoms with E-state index < -0.39 is 11.9 Å². The Morgan fingerprint density at radius 3 is 2.40 bits per heavy atom. The Hall–Kier alpha value is -2.16. The van der Waals surface area contributed by atoms with E-state index in [9.17, 15) is 14.3 Å². The third-order valence-corrected chi connectivity index (χ3v) is 3.50. The smallest absolute Gasteiger partial charge is 0.311 e. The maximum Gasteiger partial charge on any atom is 0.311 e. The highest BCUT2D eigenvalue weighted by atomic mass is 19.1. The van der Waals surface area contributed by atoms with Gasteiger partial charge in [-0.1, -0.05) is 35.9 Å². The fraction of sp³-hybridized carbons (Fsp3) is 0.235. The molecule has 2 rings (SSSR count). The summed E-state index contributed by atoms with van der Waals surface area (Å²) in [4.78, 5) is 11.5. The molecule has 0 aliphatic heterocycles. The van der Waals surface area contributed by atoms with Gasteiger partial charge in [-0.3, -0.25) is 4.79 Å². The number of hydrogen-bond acceptors (Lipinski definition) is 1. The van der Waals surface area contributed by atoms with E-state index in [0.717, 1.165) is 16.7 Å². The zero-order valence-corrected chi connectivity index (χ0v) is 11.6. The van der Waals surface area contributed by atoms with Crippen molar-refractivity contribution >= 4 is 5.97 Å². The summed E-state index contributed by atoms with van der Waals surface area (Å²) in [6.45, 7) is 3.95. The fourth-order valence-corrected chi connectivity index (χ4v) is 2.28. The lowest BCUT2D eigenvalue weighted by Gasteiger charge is -2.15. The zero-order valence-electron chi connectivity index (χ0n) is 11.6. The molecular formula is C17H17FO2. The molecule has 20 heavy (non-hydrogen) atoms. The van der Waals surface area contributed by atoms with Gasteiger partial charge in [-0.2, -0.15) is 0 Å². The van der Waals surface area contributed by atoms with E-state index in [1.807, 2.05) is 32.0 Å². The van der Waals surface area contributed by atoms with E-state index in [2.05, 4.69) is 0 Å². The molecule has 0 bridgehead atoms. The number of carboxylic acid groups (broad SMARTS) is 1. The van der Waals surface area contributed by atoms with E-state index in [1.54, 1.807) is 12.1 Å². The molecule has 104 valence electrons. The molecule has 0 radical (unpaired) electrons. The first kappa shape index (κ1) is 14.3. The SMILES string of the molecule is Cc1ccc(C)c(CC(C(=O)O)c2ccc(F)cc2)c1. The predicted molar refractivity (Wildman–Crippen MR) is 76.4 cm³/mol. The molecule has 0 spiro atoms. The van der Waals surface area contributed by atoms with Gasteiger partial charge in [0.1, 0.15) is 5.82 Å². The number of hydrogen-bond donors (Lipinski definition) is 1. The molecule has 0 fully saturated rings. The summed E-state index contributed by atoms with van der Waals surface area (Å²) in [7, 11) is 0. The summed E-state index contributed by atoms with van der Waals surface area (Å²) in [5.41, 5.74) is 3.82. The maximum atomic E-state index is 12.9. The van der Waals surface area contributed by atoms with Gasteiger partial charge in [0.2, 0.25) is 0 Å². The summed E-state index contributed by atoms with van der Waals surface area (Å²) in [5, 5.41) is 9.42. The molecule has 0 saturated carbocycles. The van der Waals surface area contributed by atoms with Crippen LogP contribution in [0.1, 0.15) is 28.2 Å². The van der Waals surface area contributed by atoms with Gasteiger partial charge in [0.15, 0.2) is 0 Å². The van der Waals surface area contributed by atoms with Crippen LogP contribution in [-0.2, 0) is 11.2 Å². The second-order valence-corrected chi connectivity index (χ2v) is 5.08. The van der Waals surface area contributed by atoms with Crippen molar-refractivity contribution in [2.75, 3.05) is 0 Å². The van der Waals surface area contributed by atoms with Crippen LogP contribution in [0.2, 0.25) is 0 Å². The number of carbonyl (C=O) groups is 1. The van der Waals surface area contributed by atoms with E-state index in [-0.39, 0.29) is 5.82 Å². The van der Waals surface area contributed by atoms with Gasteiger partial charge in [-0.25, -0.2) is 4.39 Å². The molecule has 0 amide bonds. The molecule has 0 saturated heterocycles. The summed E-state index contributed by atoms with van der Waals surface area (Å²) in [5.74, 6) is -1.90. The Bertz CT molecular complexity index is 617. The Labute approximate surface area is 117 Å². The molecule has 0 aliphatic rings. The van der Waals surface area contributed by atoms with E-state index in [0.29, 0.717) is 12.0 Å². The molecule has 1 unspecified atom stereocenters. The monoisotopic (exact) mass is 272 g/mol. The second kappa shape index (κ2) is 5.87. The van der Waals surface area contributed by atoms with Gasteiger partial charge in [0.05, 0.1) is 5.92 Å². The van der Waals surface area contributed by atoms with Crippen LogP contribution in [0, 0.1) is 19.7 Å². The van der Waals surface area contributed by atoms with Crippen LogP contribution in [0.4, 0.5) is 4.39 Å². The van der Waals surface area contributed by atoms with Gasteiger partial charge in [0, 0.05) is 0 Å². The van der Waals surface area contributed by atoms with Crippen LogP contribution in [0.25, 0.3) is 0 Å². The molecule has 1 N–H and O–H groups in total. The van der Waals surface area contributed by atoms with Crippen LogP contribution >= 0.6 is 0 Å². The minimum Gasteiger partial charge on any atom is -0.481 e. The Morgan fingerprint density at radius 2 is 1.80 bits per heavy atom. The number of benzene rings is 2. The second-order valence-electron chi connectivity index (χ2n) is 5.08. The number of aryl methyl sites for hydroxylation is 2. The first-order valence-electron chi connectivity index (χ1n) is 6.52. The van der Waals surface area contributed by atoms with Gasteiger partial charge in [-0.05, 0) is 49.1 Å². The van der Waals surface area contributed by atoms with Crippen LogP contribution in [0.15, 0.2) is 42.5 Å². The van der Waals surface area contributed by atoms with Crippen molar-refractivity contribution in [2.45, 2.75) is 26.2 Å². The molecule has 2 aromatic carbocycles. The Morgan fingerprint density at radius 1 is 1.15 bits per heavy atom. The standard InChI is InChI=1S/C17H17FO2/c1-11-3-4-12(2)14(9-11)10-16(17(19)20)13-5-7-15(18)8-6-13/h3-9,16H,10H2,1-2H3,(H,19,20). The highest BCUT2D eigenvalue weighted by molar-refractivity contribution is 5.76. The third-order valence-electron chi connectivity index (χ3n) is 3.50. The van der Waals surface area contributed by atoms with Crippen molar-refractivity contribution in [3.05, 3.63) is 70.5 Å². The first-order chi connectivity index (χ1) is 9.47. The van der Waals surface area contributed by atoms with Crippen LogP contribution in [0.3, 0.4) is 0 Å². The Balaban J connectivity index is 2.32. The van der Waals surface area contributed by atoms with Crippen molar-refractivity contribution in [1.82, 2.24) is 0 Å². The minimum atomic E-state index is -0.891. The van der Waals surface area contributed by atoms with E-state index >= 15 is 0 Å². The highest BCUT2D eigenvalue weighted by Gasteiger charge is 2.21. The van der Waals surface area contributed by atoms with Crippen molar-refractivity contribution in [3.8, 4) is 0 Å². The van der Waals surface area contributed by atoms with Crippen molar-refractivity contribution in [2.24, 2.45) is 0 Å². The molecule has 2 aromatic rings. The lowest BCUT2D eigenvalue weighted by molar-refractivity contribution is -0.138. The zero-order chi connectivity index (χ0) is 14.7. The molecular weight excluding hydrogens is 255 g/mol. The molecule has 3 heteroatoms. The van der Waals surface area contributed by atoms with Gasteiger partial charge in [-0.15, -0.1) is 0 Å². The van der Waals surface area contributed by atoms with Gasteiger partial charge < -0.3 is 5.11 Å². The topological polar surface area (TPSA) is 37.3 Å². The molecule has 0 heterocycles. The minimum absolute atomic E-state index is 0.357. The predicted octanol–water partition coefficient (Wildman–Crippen LogP) is 3.85. The number of halogens is 1. The molecule has 0 aromatic heterocycles. The van der Waals surface area contributed by atoms with E-state index in [1.165, 1.54) is 12.1 Å². The van der Waals surface area contributed by atoms with Crippen molar-refractivity contribution in [1.29, 1.82) is 0 Å². The fourth-order valence-electron chi connectivity index (χ4n) is 2.28. The maximum absolute atomic E-state index is 12.9. The number of aliphatic carboxylic acids is 1. The van der Waals surface area contributed by atoms with Crippen LogP contribution in [-0.4, -0.2) is 11.1 Å². The molecule has 1 atom stereocenters. The van der Waals surface area contributed by atoms with Gasteiger partial charge in [0.25, 0.3) is 0 Å². The Kier molecular flexibility index (Phi) is 4.18. The average Bonchev–Trinajstić information content (AvgIpc) is 2.40. The number of rotatable bonds is 4. The normalized spacial score (nSPS) is 12.2. The van der Waals surface area contributed by atoms with Crippen LogP contribution < -0.4 is 0 Å². The average molecular weight is 272 g/mol. The largest absolute Gasteiger partial charge is 0.481 e. The molecule has 2 nitrogen and oxygen atoms in total. The van der Waals surface area contributed by atoms with E-state index in [4.69, 9.17) is 0 Å². The van der Waals surface area contributed by atoms with Crippen molar-refractivity contribution in [3.63, 3.8) is 0 Å². The first-order valence-corrected chi connectivity index (χ1v) is 6.52. The lowest BCUT2D eigenvalue weighted by Crippen LogP contribution is -2.15. The summed E-state index contributed by atoms with van der Waals surface area (Å²) < 4.78 is 12.9.